The van der Waals surface area contributed by atoms with Crippen LogP contribution in [-0.4, -0.2) is 36.1 Å². The lowest BCUT2D eigenvalue weighted by Gasteiger charge is -2.18. The van der Waals surface area contributed by atoms with Gasteiger partial charge in [-0.2, -0.15) is 0 Å². The van der Waals surface area contributed by atoms with Crippen molar-refractivity contribution in [3.8, 4) is 0 Å². The molecule has 150 valence electrons. The fraction of sp³-hybridized carbons (Fsp3) is 0.350. The topological polar surface area (TPSA) is 71.5 Å². The summed E-state index contributed by atoms with van der Waals surface area (Å²) in [4.78, 5) is 29.4. The molecule has 0 aliphatic carbocycles. The van der Waals surface area contributed by atoms with Crippen LogP contribution in [0.25, 0.3) is 6.08 Å². The number of carbonyl (C=O) groups is 2. The Labute approximate surface area is 168 Å². The maximum Gasteiger partial charge on any atom is 0.244 e. The third-order valence-corrected chi connectivity index (χ3v) is 4.43. The number of para-hydroxylation sites is 1. The predicted molar refractivity (Wildman–Crippen MR) is 109 cm³/mol. The van der Waals surface area contributed by atoms with Gasteiger partial charge in [0.1, 0.15) is 5.82 Å². The van der Waals surface area contributed by atoms with E-state index in [1.807, 2.05) is 13.8 Å². The molecule has 0 bridgehead atoms. The Balaban J connectivity index is 1.97. The van der Waals surface area contributed by atoms with E-state index in [0.29, 0.717) is 24.0 Å². The smallest absolute Gasteiger partial charge is 0.244 e. The molecular weight excluding hydrogens is 381 g/mol. The van der Waals surface area contributed by atoms with Gasteiger partial charge in [-0.25, -0.2) is 9.37 Å². The third-order valence-electron chi connectivity index (χ3n) is 3.59. The minimum atomic E-state index is -0.509. The van der Waals surface area contributed by atoms with Gasteiger partial charge in [-0.05, 0) is 38.5 Å². The summed E-state index contributed by atoms with van der Waals surface area (Å²) in [6, 6.07) is 6.01. The molecule has 6 nitrogen and oxygen atoms in total. The molecule has 2 amide bonds. The number of benzene rings is 1. The van der Waals surface area contributed by atoms with Crippen LogP contribution in [0.2, 0.25) is 0 Å². The average Bonchev–Trinajstić information content (AvgIpc) is 3.09. The van der Waals surface area contributed by atoms with Gasteiger partial charge < -0.3 is 10.1 Å². The molecule has 1 N–H and O–H groups in total. The molecule has 1 heterocycles. The molecule has 0 aliphatic rings. The molecule has 28 heavy (non-hydrogen) atoms. The number of carbonyl (C=O) groups excluding carboxylic acids is 2. The summed E-state index contributed by atoms with van der Waals surface area (Å²) in [5, 5.41) is 4.80. The average molecular weight is 405 g/mol. The zero-order valence-corrected chi connectivity index (χ0v) is 17.0. The highest BCUT2D eigenvalue weighted by atomic mass is 32.1. The lowest BCUT2D eigenvalue weighted by atomic mass is 10.3. The van der Waals surface area contributed by atoms with Crippen LogP contribution in [0.4, 0.5) is 15.2 Å². The van der Waals surface area contributed by atoms with E-state index in [1.165, 1.54) is 41.4 Å². The number of aromatic nitrogens is 1. The quantitative estimate of drug-likeness (QED) is 0.507. The zero-order valence-electron chi connectivity index (χ0n) is 16.1. The summed E-state index contributed by atoms with van der Waals surface area (Å²) >= 11 is 1.20. The largest absolute Gasteiger partial charge is 0.379 e. The van der Waals surface area contributed by atoms with Gasteiger partial charge in [-0.1, -0.05) is 12.1 Å². The van der Waals surface area contributed by atoms with E-state index in [2.05, 4.69) is 10.3 Å². The van der Waals surface area contributed by atoms with Crippen molar-refractivity contribution >= 4 is 40.0 Å². The maximum atomic E-state index is 14.1. The summed E-state index contributed by atoms with van der Waals surface area (Å²) in [6.07, 6.45) is 3.84. The van der Waals surface area contributed by atoms with Crippen LogP contribution >= 0.6 is 11.3 Å². The summed E-state index contributed by atoms with van der Waals surface area (Å²) in [5.74, 6) is -1.10. The number of halogens is 1. The van der Waals surface area contributed by atoms with Crippen LogP contribution in [0, 0.1) is 5.82 Å². The first-order valence-corrected chi connectivity index (χ1v) is 9.84. The second-order valence-corrected chi connectivity index (χ2v) is 7.09. The SMILES string of the molecule is CC(=O)N(c1nc(/C=C/C(=O)NCCCOC(C)C)cs1)c1ccccc1F. The van der Waals surface area contributed by atoms with E-state index in [0.717, 1.165) is 6.42 Å². The van der Waals surface area contributed by atoms with Crippen molar-refractivity contribution in [3.63, 3.8) is 0 Å². The number of nitrogens with zero attached hydrogens (tertiary/aromatic N) is 2. The Morgan fingerprint density at radius 2 is 2.11 bits per heavy atom. The second-order valence-electron chi connectivity index (χ2n) is 6.26. The minimum Gasteiger partial charge on any atom is -0.379 e. The van der Waals surface area contributed by atoms with Gasteiger partial charge in [0.05, 0.1) is 17.5 Å². The summed E-state index contributed by atoms with van der Waals surface area (Å²) in [6.45, 7) is 6.38. The third kappa shape index (κ3) is 6.54. The molecule has 2 aromatic rings. The van der Waals surface area contributed by atoms with E-state index in [4.69, 9.17) is 4.74 Å². The highest BCUT2D eigenvalue weighted by Gasteiger charge is 2.20. The van der Waals surface area contributed by atoms with Crippen molar-refractivity contribution in [2.45, 2.75) is 33.3 Å². The van der Waals surface area contributed by atoms with Gasteiger partial charge in [-0.3, -0.25) is 14.5 Å². The number of hydrogen-bond donors (Lipinski definition) is 1. The number of hydrogen-bond acceptors (Lipinski definition) is 5. The highest BCUT2D eigenvalue weighted by molar-refractivity contribution is 7.14. The molecule has 2 rings (SSSR count). The van der Waals surface area contributed by atoms with Crippen molar-refractivity contribution in [2.24, 2.45) is 0 Å². The molecule has 1 aromatic carbocycles. The maximum absolute atomic E-state index is 14.1. The Morgan fingerprint density at radius 1 is 1.36 bits per heavy atom. The molecule has 0 aliphatic heterocycles. The summed E-state index contributed by atoms with van der Waals surface area (Å²) in [7, 11) is 0. The van der Waals surface area contributed by atoms with Gasteiger partial charge in [0.15, 0.2) is 5.13 Å². The summed E-state index contributed by atoms with van der Waals surface area (Å²) in [5.41, 5.74) is 0.655. The predicted octanol–water partition coefficient (Wildman–Crippen LogP) is 3.91. The Bertz CT molecular complexity index is 836. The van der Waals surface area contributed by atoms with E-state index < -0.39 is 5.82 Å². The zero-order chi connectivity index (χ0) is 20.5. The van der Waals surface area contributed by atoms with Crippen molar-refractivity contribution in [2.75, 3.05) is 18.1 Å². The van der Waals surface area contributed by atoms with Crippen LogP contribution in [0.1, 0.15) is 32.9 Å². The van der Waals surface area contributed by atoms with Gasteiger partial charge in [0.25, 0.3) is 0 Å². The van der Waals surface area contributed by atoms with Crippen molar-refractivity contribution in [1.82, 2.24) is 10.3 Å². The molecule has 0 saturated heterocycles. The summed E-state index contributed by atoms with van der Waals surface area (Å²) < 4.78 is 19.5. The molecule has 0 spiro atoms. The lowest BCUT2D eigenvalue weighted by molar-refractivity contribution is -0.117. The van der Waals surface area contributed by atoms with Gasteiger partial charge in [-0.15, -0.1) is 11.3 Å². The van der Waals surface area contributed by atoms with E-state index in [9.17, 15) is 14.0 Å². The van der Waals surface area contributed by atoms with Crippen LogP contribution in [0.5, 0.6) is 0 Å². The fourth-order valence-corrected chi connectivity index (χ4v) is 3.17. The van der Waals surface area contributed by atoms with Crippen LogP contribution in [-0.2, 0) is 14.3 Å². The standard InChI is InChI=1S/C20H24FN3O3S/c1-14(2)27-12-6-11-22-19(26)10-9-16-13-28-20(23-16)24(15(3)25)18-8-5-4-7-17(18)21/h4-5,7-10,13-14H,6,11-12H2,1-3H3,(H,22,26)/b10-9+. The first-order chi connectivity index (χ1) is 13.4. The monoisotopic (exact) mass is 405 g/mol. The Hall–Kier alpha value is -2.58. The number of amides is 2. The molecule has 0 fully saturated rings. The molecule has 0 atom stereocenters. The Kier molecular flexibility index (Phi) is 8.28. The van der Waals surface area contributed by atoms with E-state index in [-0.39, 0.29) is 23.6 Å². The highest BCUT2D eigenvalue weighted by Crippen LogP contribution is 2.30. The van der Waals surface area contributed by atoms with Gasteiger partial charge in [0.2, 0.25) is 11.8 Å². The normalized spacial score (nSPS) is 11.2. The number of thiazole rings is 1. The first kappa shape index (κ1) is 21.7. The van der Waals surface area contributed by atoms with Crippen LogP contribution in [0.3, 0.4) is 0 Å². The molecule has 0 radical (unpaired) electrons. The van der Waals surface area contributed by atoms with E-state index >= 15 is 0 Å². The van der Waals surface area contributed by atoms with Gasteiger partial charge >= 0.3 is 0 Å². The van der Waals surface area contributed by atoms with Crippen LogP contribution in [0.15, 0.2) is 35.7 Å². The van der Waals surface area contributed by atoms with Crippen molar-refractivity contribution < 1.29 is 18.7 Å². The second kappa shape index (κ2) is 10.7. The Morgan fingerprint density at radius 3 is 2.79 bits per heavy atom. The molecule has 0 unspecified atom stereocenters. The number of anilines is 2. The minimum absolute atomic E-state index is 0.140. The number of nitrogens with one attached hydrogen (secondary N) is 1. The molecule has 8 heteroatoms. The molecule has 0 saturated carbocycles. The first-order valence-electron chi connectivity index (χ1n) is 8.96. The molecule has 1 aromatic heterocycles. The molecular formula is C20H24FN3O3S. The van der Waals surface area contributed by atoms with Gasteiger partial charge in [0, 0.05) is 31.5 Å². The fourth-order valence-electron chi connectivity index (χ4n) is 2.32. The number of rotatable bonds is 9. The van der Waals surface area contributed by atoms with E-state index in [1.54, 1.807) is 23.6 Å². The van der Waals surface area contributed by atoms with Crippen LogP contribution < -0.4 is 10.2 Å². The van der Waals surface area contributed by atoms with Crippen molar-refractivity contribution in [1.29, 1.82) is 0 Å². The number of ether oxygens (including phenoxy) is 1. The van der Waals surface area contributed by atoms with Crippen molar-refractivity contribution in [3.05, 3.63) is 47.2 Å². The lowest BCUT2D eigenvalue weighted by Crippen LogP contribution is -2.23.